The minimum Gasteiger partial charge on any atom is -0.477 e. The number of hydrogen-bond acceptors (Lipinski definition) is 2. The Kier molecular flexibility index (Phi) is 6.01. The van der Waals surface area contributed by atoms with Gasteiger partial charge in [0.05, 0.1) is 0 Å². The fraction of sp³-hybridized carbons (Fsp3) is 0.278. The predicted molar refractivity (Wildman–Crippen MR) is 85.5 cm³/mol. The van der Waals surface area contributed by atoms with Crippen molar-refractivity contribution in [1.82, 2.24) is 0 Å². The van der Waals surface area contributed by atoms with Gasteiger partial charge in [0.25, 0.3) is 5.91 Å². The molecule has 0 aliphatic heterocycles. The lowest BCUT2D eigenvalue weighted by Crippen LogP contribution is -2.21. The molecule has 0 radical (unpaired) electrons. The van der Waals surface area contributed by atoms with Crippen molar-refractivity contribution in [2.75, 3.05) is 11.9 Å². The number of rotatable bonds is 6. The van der Waals surface area contributed by atoms with Gasteiger partial charge in [0, 0.05) is 11.8 Å². The molecule has 0 fully saturated rings. The highest BCUT2D eigenvalue weighted by Gasteiger charge is 2.21. The Morgan fingerprint density at radius 1 is 1.08 bits per heavy atom. The molecular formula is C18H17F4NO2. The number of hydrogen-bond donors (Lipinski definition) is 1. The zero-order chi connectivity index (χ0) is 18.6. The third-order valence-electron chi connectivity index (χ3n) is 3.79. The second kappa shape index (κ2) is 8.00. The van der Waals surface area contributed by atoms with Crippen LogP contribution in [0.1, 0.15) is 31.7 Å². The molecule has 0 bridgehead atoms. The Labute approximate surface area is 142 Å². The first kappa shape index (κ1) is 18.8. The minimum atomic E-state index is -1.69. The Bertz CT molecular complexity index is 736. The summed E-state index contributed by atoms with van der Waals surface area (Å²) >= 11 is 0. The van der Waals surface area contributed by atoms with Gasteiger partial charge in [-0.15, -0.1) is 0 Å². The fourth-order valence-electron chi connectivity index (χ4n) is 2.14. The highest BCUT2D eigenvalue weighted by Crippen LogP contribution is 2.26. The maximum Gasteiger partial charge on any atom is 0.262 e. The summed E-state index contributed by atoms with van der Waals surface area (Å²) in [7, 11) is 0. The molecule has 1 atom stereocenters. The Balaban J connectivity index is 2.00. The summed E-state index contributed by atoms with van der Waals surface area (Å²) in [5.74, 6) is -8.19. The van der Waals surface area contributed by atoms with E-state index < -0.39 is 41.5 Å². The maximum absolute atomic E-state index is 13.4. The molecule has 0 aromatic heterocycles. The van der Waals surface area contributed by atoms with Crippen molar-refractivity contribution in [2.45, 2.75) is 26.2 Å². The van der Waals surface area contributed by atoms with Gasteiger partial charge < -0.3 is 10.1 Å². The van der Waals surface area contributed by atoms with Gasteiger partial charge in [0.15, 0.2) is 24.0 Å². The van der Waals surface area contributed by atoms with E-state index in [-0.39, 0.29) is 6.07 Å². The lowest BCUT2D eigenvalue weighted by Gasteiger charge is -2.12. The maximum atomic E-state index is 13.4. The molecule has 7 heteroatoms. The van der Waals surface area contributed by atoms with E-state index in [2.05, 4.69) is 23.9 Å². The van der Waals surface area contributed by atoms with Gasteiger partial charge in [-0.25, -0.2) is 8.78 Å². The molecule has 0 heterocycles. The molecule has 2 aromatic carbocycles. The molecule has 1 amide bonds. The Morgan fingerprint density at radius 3 is 2.16 bits per heavy atom. The summed E-state index contributed by atoms with van der Waals surface area (Å²) < 4.78 is 57.6. The average Bonchev–Trinajstić information content (AvgIpc) is 2.60. The van der Waals surface area contributed by atoms with Gasteiger partial charge in [0.2, 0.25) is 11.6 Å². The molecule has 0 spiro atoms. The van der Waals surface area contributed by atoms with Crippen LogP contribution < -0.4 is 10.1 Å². The Hall–Kier alpha value is -2.57. The van der Waals surface area contributed by atoms with E-state index in [1.807, 2.05) is 12.1 Å². The van der Waals surface area contributed by atoms with Crippen LogP contribution in [0.3, 0.4) is 0 Å². The third-order valence-corrected chi connectivity index (χ3v) is 3.79. The number of halogens is 4. The summed E-state index contributed by atoms with van der Waals surface area (Å²) in [5, 5.41) is 2.47. The van der Waals surface area contributed by atoms with Crippen LogP contribution in [-0.4, -0.2) is 12.5 Å². The van der Waals surface area contributed by atoms with Crippen molar-refractivity contribution in [1.29, 1.82) is 0 Å². The average molecular weight is 355 g/mol. The topological polar surface area (TPSA) is 38.3 Å². The second-order valence-electron chi connectivity index (χ2n) is 5.57. The summed E-state index contributed by atoms with van der Waals surface area (Å²) in [4.78, 5) is 11.8. The summed E-state index contributed by atoms with van der Waals surface area (Å²) in [5.41, 5.74) is 1.57. The van der Waals surface area contributed by atoms with E-state index in [1.54, 1.807) is 12.1 Å². The summed E-state index contributed by atoms with van der Waals surface area (Å²) in [6.45, 7) is 3.33. The van der Waals surface area contributed by atoms with E-state index in [4.69, 9.17) is 0 Å². The van der Waals surface area contributed by atoms with Crippen LogP contribution in [0.5, 0.6) is 5.75 Å². The van der Waals surface area contributed by atoms with Crippen molar-refractivity contribution in [3.05, 3.63) is 59.2 Å². The van der Waals surface area contributed by atoms with Crippen LogP contribution in [0, 0.1) is 23.3 Å². The summed E-state index contributed by atoms with van der Waals surface area (Å²) in [6, 6.07) is 7.14. The van der Waals surface area contributed by atoms with Gasteiger partial charge >= 0.3 is 0 Å². The van der Waals surface area contributed by atoms with Gasteiger partial charge in [-0.3, -0.25) is 4.79 Å². The van der Waals surface area contributed by atoms with Crippen molar-refractivity contribution in [3.63, 3.8) is 0 Å². The van der Waals surface area contributed by atoms with E-state index in [9.17, 15) is 22.4 Å². The molecule has 1 N–H and O–H groups in total. The first-order chi connectivity index (χ1) is 11.8. The lowest BCUT2D eigenvalue weighted by atomic mass is 9.99. The smallest absolute Gasteiger partial charge is 0.262 e. The van der Waals surface area contributed by atoms with Crippen LogP contribution in [0.25, 0.3) is 0 Å². The largest absolute Gasteiger partial charge is 0.477 e. The first-order valence-corrected chi connectivity index (χ1v) is 7.69. The van der Waals surface area contributed by atoms with Crippen LogP contribution in [0.4, 0.5) is 23.2 Å². The molecule has 0 aliphatic carbocycles. The van der Waals surface area contributed by atoms with E-state index in [1.165, 1.54) is 0 Å². The normalized spacial score (nSPS) is 11.9. The number of carbonyl (C=O) groups is 1. The zero-order valence-electron chi connectivity index (χ0n) is 13.7. The standard InChI is InChI=1S/C18H17F4NO2/c1-3-10(2)11-4-6-12(7-5-11)23-15(24)9-25-18-16(21)13(19)8-14(20)17(18)22/h4-8,10H,3,9H2,1-2H3,(H,23,24)/t10-/m1/s1. The molecule has 0 aliphatic rings. The van der Waals surface area contributed by atoms with Crippen molar-refractivity contribution in [3.8, 4) is 5.75 Å². The monoisotopic (exact) mass is 355 g/mol. The predicted octanol–water partition coefficient (Wildman–Crippen LogP) is 4.77. The van der Waals surface area contributed by atoms with Crippen LogP contribution >= 0.6 is 0 Å². The van der Waals surface area contributed by atoms with Gasteiger partial charge in [0.1, 0.15) is 0 Å². The molecule has 2 aromatic rings. The molecule has 2 rings (SSSR count). The second-order valence-corrected chi connectivity index (χ2v) is 5.57. The highest BCUT2D eigenvalue weighted by molar-refractivity contribution is 5.91. The number of carbonyl (C=O) groups excluding carboxylic acids is 1. The zero-order valence-corrected chi connectivity index (χ0v) is 13.7. The fourth-order valence-corrected chi connectivity index (χ4v) is 2.14. The summed E-state index contributed by atoms with van der Waals surface area (Å²) in [6.07, 6.45) is 0.973. The van der Waals surface area contributed by atoms with E-state index in [0.29, 0.717) is 11.6 Å². The van der Waals surface area contributed by atoms with Gasteiger partial charge in [-0.2, -0.15) is 8.78 Å². The number of ether oxygens (including phenoxy) is 1. The number of anilines is 1. The van der Waals surface area contributed by atoms with E-state index >= 15 is 0 Å². The van der Waals surface area contributed by atoms with Gasteiger partial charge in [-0.05, 0) is 30.0 Å². The van der Waals surface area contributed by atoms with Crippen LogP contribution in [-0.2, 0) is 4.79 Å². The van der Waals surface area contributed by atoms with Crippen LogP contribution in [0.15, 0.2) is 30.3 Å². The minimum absolute atomic E-state index is 0.0659. The van der Waals surface area contributed by atoms with Crippen molar-refractivity contribution < 1.29 is 27.1 Å². The van der Waals surface area contributed by atoms with Crippen molar-refractivity contribution >= 4 is 11.6 Å². The molecule has 134 valence electrons. The quantitative estimate of drug-likeness (QED) is 0.599. The molecule has 0 saturated heterocycles. The SMILES string of the molecule is CC[C@@H](C)c1ccc(NC(=O)COc2c(F)c(F)cc(F)c2F)cc1. The van der Waals surface area contributed by atoms with Crippen LogP contribution in [0.2, 0.25) is 0 Å². The number of amides is 1. The lowest BCUT2D eigenvalue weighted by molar-refractivity contribution is -0.118. The van der Waals surface area contributed by atoms with Crippen molar-refractivity contribution in [2.24, 2.45) is 0 Å². The third kappa shape index (κ3) is 4.49. The number of benzene rings is 2. The van der Waals surface area contributed by atoms with Gasteiger partial charge in [-0.1, -0.05) is 26.0 Å². The molecule has 25 heavy (non-hydrogen) atoms. The molecular weight excluding hydrogens is 338 g/mol. The Morgan fingerprint density at radius 2 is 1.64 bits per heavy atom. The number of nitrogens with one attached hydrogen (secondary N) is 1. The first-order valence-electron chi connectivity index (χ1n) is 7.69. The van der Waals surface area contributed by atoms with E-state index in [0.717, 1.165) is 12.0 Å². The molecule has 0 unspecified atom stereocenters. The highest BCUT2D eigenvalue weighted by atomic mass is 19.2. The molecule has 0 saturated carbocycles. The molecule has 3 nitrogen and oxygen atoms in total.